The molecule has 0 radical (unpaired) electrons. The molecule has 1 heterocycles. The van der Waals surface area contributed by atoms with Crippen LogP contribution in [0.1, 0.15) is 40.5 Å². The summed E-state index contributed by atoms with van der Waals surface area (Å²) in [6, 6.07) is 24.5. The molecule has 4 rings (SSSR count). The average Bonchev–Trinajstić information content (AvgIpc) is 2.84. The fraction of sp³-hybridized carbons (Fsp3) is 0.179. The number of hydrogen-bond donors (Lipinski definition) is 1. The van der Waals surface area contributed by atoms with E-state index in [1.54, 1.807) is 48.5 Å². The molecule has 1 amide bonds. The van der Waals surface area contributed by atoms with Gasteiger partial charge >= 0.3 is 0 Å². The van der Waals surface area contributed by atoms with Crippen LogP contribution in [0.4, 0.5) is 5.69 Å². The van der Waals surface area contributed by atoms with Crippen molar-refractivity contribution in [2.24, 2.45) is 0 Å². The zero-order valence-corrected chi connectivity index (χ0v) is 20.6. The van der Waals surface area contributed by atoms with Gasteiger partial charge in [0, 0.05) is 29.0 Å². The first-order chi connectivity index (χ1) is 16.1. The van der Waals surface area contributed by atoms with E-state index in [0.717, 1.165) is 25.1 Å². The van der Waals surface area contributed by atoms with Crippen LogP contribution in [0.5, 0.6) is 5.75 Å². The maximum atomic E-state index is 12.6. The largest absolute Gasteiger partial charge is 1.00 e. The molecule has 0 aliphatic heterocycles. The van der Waals surface area contributed by atoms with Crippen LogP contribution in [0.3, 0.4) is 0 Å². The number of fused-ring (bicyclic) bond motifs is 1. The van der Waals surface area contributed by atoms with E-state index in [0.29, 0.717) is 23.4 Å². The molecule has 1 N–H and O–H groups in total. The number of aromatic nitrogens is 1. The Balaban J connectivity index is 0.00000324. The van der Waals surface area contributed by atoms with Crippen molar-refractivity contribution in [2.45, 2.75) is 26.3 Å². The number of Topliss-reactive ketones (excluding diaryl/α,β-unsaturated/α-hetero) is 1. The summed E-state index contributed by atoms with van der Waals surface area (Å²) in [4.78, 5) is 24.3. The Labute approximate surface area is 210 Å². The van der Waals surface area contributed by atoms with Crippen molar-refractivity contribution in [1.29, 1.82) is 0 Å². The molecule has 6 heteroatoms. The van der Waals surface area contributed by atoms with Crippen LogP contribution >= 0.6 is 0 Å². The molecule has 0 saturated carbocycles. The van der Waals surface area contributed by atoms with Crippen molar-refractivity contribution in [1.82, 2.24) is 0 Å². The number of nitrogens with zero attached hydrogens (tertiary/aromatic N) is 1. The first-order valence-electron chi connectivity index (χ1n) is 11.1. The summed E-state index contributed by atoms with van der Waals surface area (Å²) >= 11 is 0. The Morgan fingerprint density at radius 1 is 0.853 bits per heavy atom. The second kappa shape index (κ2) is 12.1. The Morgan fingerprint density at radius 2 is 1.56 bits per heavy atom. The number of aryl methyl sites for hydroxylation is 1. The van der Waals surface area contributed by atoms with E-state index in [1.807, 2.05) is 0 Å². The maximum Gasteiger partial charge on any atom is 0.255 e. The van der Waals surface area contributed by atoms with Crippen molar-refractivity contribution < 1.29 is 35.9 Å². The smallest absolute Gasteiger partial charge is 0.255 e. The summed E-state index contributed by atoms with van der Waals surface area (Å²) in [5, 5.41) is 5.30. The quantitative estimate of drug-likeness (QED) is 0.210. The predicted molar refractivity (Wildman–Crippen MR) is 130 cm³/mol. The number of carbonyl (C=O) groups is 2. The lowest BCUT2D eigenvalue weighted by Crippen LogP contribution is -3.00. The molecule has 5 nitrogen and oxygen atoms in total. The lowest BCUT2D eigenvalue weighted by molar-refractivity contribution is -0.696. The van der Waals surface area contributed by atoms with E-state index in [1.165, 1.54) is 17.7 Å². The highest BCUT2D eigenvalue weighted by Crippen LogP contribution is 2.18. The molecular formula is C28H27BrN2O3. The Bertz CT molecular complexity index is 1270. The van der Waals surface area contributed by atoms with E-state index >= 15 is 0 Å². The maximum absolute atomic E-state index is 12.6. The summed E-state index contributed by atoms with van der Waals surface area (Å²) in [6.07, 6.45) is 6.24. The molecule has 1 aromatic heterocycles. The van der Waals surface area contributed by atoms with Gasteiger partial charge in [0.2, 0.25) is 0 Å². The minimum absolute atomic E-state index is 0. The fourth-order valence-electron chi connectivity index (χ4n) is 3.70. The fourth-order valence-corrected chi connectivity index (χ4v) is 3.70. The van der Waals surface area contributed by atoms with Gasteiger partial charge in [-0.15, -0.1) is 0 Å². The number of hydrogen-bond acceptors (Lipinski definition) is 3. The number of amides is 1. The predicted octanol–water partition coefficient (Wildman–Crippen LogP) is 2.45. The number of benzene rings is 3. The number of pyridine rings is 1. The molecule has 0 saturated heterocycles. The Hall–Kier alpha value is -3.51. The zero-order chi connectivity index (χ0) is 23.0. The van der Waals surface area contributed by atoms with Crippen LogP contribution < -0.4 is 31.6 Å². The molecule has 174 valence electrons. The highest BCUT2D eigenvalue weighted by molar-refractivity contribution is 6.09. The normalized spacial score (nSPS) is 10.4. The van der Waals surface area contributed by atoms with E-state index in [-0.39, 0.29) is 28.7 Å². The molecule has 0 aliphatic carbocycles. The molecule has 0 unspecified atom stereocenters. The SMILES string of the molecule is CC(=O)c1ccccc1NC(=O)c1ccc(OCCCC[n+]2ccc3ccccc3c2)cc1.[Br-]. The number of para-hydroxylation sites is 1. The standard InChI is InChI=1S/C28H26N2O3.BrH/c1-21(31)26-10-4-5-11-27(26)29-28(32)23-12-14-25(15-13-23)33-19-7-6-17-30-18-16-22-8-2-3-9-24(22)20-30;/h2-5,8-16,18,20H,6-7,17,19H2,1H3;1H. The number of ketones is 1. The van der Waals surface area contributed by atoms with Crippen molar-refractivity contribution in [3.63, 3.8) is 0 Å². The summed E-state index contributed by atoms with van der Waals surface area (Å²) in [5.41, 5.74) is 1.51. The lowest BCUT2D eigenvalue weighted by Gasteiger charge is -2.10. The van der Waals surface area contributed by atoms with Crippen LogP contribution in [0.25, 0.3) is 10.8 Å². The molecule has 3 aromatic carbocycles. The number of halogens is 1. The molecule has 0 atom stereocenters. The second-order valence-electron chi connectivity index (χ2n) is 7.95. The summed E-state index contributed by atoms with van der Waals surface area (Å²) < 4.78 is 8.04. The van der Waals surface area contributed by atoms with Gasteiger partial charge in [0.1, 0.15) is 12.3 Å². The first kappa shape index (κ1) is 25.1. The summed E-state index contributed by atoms with van der Waals surface area (Å²) in [6.45, 7) is 3.04. The summed E-state index contributed by atoms with van der Waals surface area (Å²) in [7, 11) is 0. The number of ether oxygens (including phenoxy) is 1. The van der Waals surface area contributed by atoms with Crippen LogP contribution in [0.2, 0.25) is 0 Å². The van der Waals surface area contributed by atoms with Gasteiger partial charge in [-0.25, -0.2) is 4.57 Å². The number of unbranched alkanes of at least 4 members (excludes halogenated alkanes) is 1. The lowest BCUT2D eigenvalue weighted by atomic mass is 10.1. The van der Waals surface area contributed by atoms with Gasteiger partial charge in [-0.05, 0) is 61.2 Å². The Morgan fingerprint density at radius 3 is 2.32 bits per heavy atom. The Kier molecular flexibility index (Phi) is 8.93. The molecule has 4 aromatic rings. The van der Waals surface area contributed by atoms with Gasteiger partial charge in [-0.3, -0.25) is 9.59 Å². The topological polar surface area (TPSA) is 59.3 Å². The monoisotopic (exact) mass is 518 g/mol. The molecule has 0 spiro atoms. The van der Waals surface area contributed by atoms with Gasteiger partial charge in [-0.2, -0.15) is 0 Å². The van der Waals surface area contributed by atoms with Gasteiger partial charge in [0.15, 0.2) is 18.2 Å². The number of anilines is 1. The van der Waals surface area contributed by atoms with Crippen LogP contribution in [-0.4, -0.2) is 18.3 Å². The van der Waals surface area contributed by atoms with E-state index in [4.69, 9.17) is 4.74 Å². The van der Waals surface area contributed by atoms with Gasteiger partial charge in [0.25, 0.3) is 5.91 Å². The van der Waals surface area contributed by atoms with E-state index < -0.39 is 0 Å². The minimum atomic E-state index is -0.261. The van der Waals surface area contributed by atoms with E-state index in [9.17, 15) is 9.59 Å². The number of nitrogens with one attached hydrogen (secondary N) is 1. The van der Waals surface area contributed by atoms with Crippen molar-refractivity contribution in [3.05, 3.63) is 102 Å². The highest BCUT2D eigenvalue weighted by Gasteiger charge is 2.11. The number of rotatable bonds is 9. The van der Waals surface area contributed by atoms with Crippen LogP contribution in [-0.2, 0) is 6.54 Å². The zero-order valence-electron chi connectivity index (χ0n) is 19.0. The van der Waals surface area contributed by atoms with Gasteiger partial charge in [-0.1, -0.05) is 30.3 Å². The third-order valence-corrected chi connectivity index (χ3v) is 5.50. The molecule has 0 fully saturated rings. The molecule has 34 heavy (non-hydrogen) atoms. The van der Waals surface area contributed by atoms with E-state index in [2.05, 4.69) is 52.6 Å². The average molecular weight is 519 g/mol. The van der Waals surface area contributed by atoms with Crippen LogP contribution in [0.15, 0.2) is 91.3 Å². The van der Waals surface area contributed by atoms with Crippen molar-refractivity contribution in [3.8, 4) is 5.75 Å². The highest BCUT2D eigenvalue weighted by atomic mass is 79.9. The van der Waals surface area contributed by atoms with Crippen LogP contribution in [0, 0.1) is 0 Å². The summed E-state index contributed by atoms with van der Waals surface area (Å²) in [5.74, 6) is 0.380. The first-order valence-corrected chi connectivity index (χ1v) is 11.1. The molecule has 0 bridgehead atoms. The van der Waals surface area contributed by atoms with Crippen molar-refractivity contribution >= 4 is 28.2 Å². The van der Waals surface area contributed by atoms with Gasteiger partial charge in [0.05, 0.1) is 12.3 Å². The third-order valence-electron chi connectivity index (χ3n) is 5.50. The second-order valence-corrected chi connectivity index (χ2v) is 7.95. The van der Waals surface area contributed by atoms with Crippen molar-refractivity contribution in [2.75, 3.05) is 11.9 Å². The number of carbonyl (C=O) groups excluding carboxylic acids is 2. The van der Waals surface area contributed by atoms with Gasteiger partial charge < -0.3 is 27.0 Å². The third kappa shape index (κ3) is 6.51. The molecular weight excluding hydrogens is 492 g/mol. The molecule has 0 aliphatic rings. The minimum Gasteiger partial charge on any atom is -1.00 e.